The third-order valence-electron chi connectivity index (χ3n) is 6.98. The average molecular weight is 677 g/mol. The second-order valence-corrected chi connectivity index (χ2v) is 12.5. The molecule has 47 heavy (non-hydrogen) atoms. The van der Waals surface area contributed by atoms with Gasteiger partial charge in [0.25, 0.3) is 0 Å². The fraction of sp³-hybridized carbons (Fsp3) is 0.500. The summed E-state index contributed by atoms with van der Waals surface area (Å²) < 4.78 is 0. The molecule has 6 amide bonds. The first-order chi connectivity index (χ1) is 22.0. The molecule has 2 rings (SSSR count). The van der Waals surface area contributed by atoms with Crippen molar-refractivity contribution in [2.45, 2.75) is 90.8 Å². The molecular formula is C30H44N8O8S. The third kappa shape index (κ3) is 12.2. The fourth-order valence-electron chi connectivity index (χ4n) is 4.08. The van der Waals surface area contributed by atoms with Gasteiger partial charge in [-0.2, -0.15) is 0 Å². The molecule has 0 saturated heterocycles. The van der Waals surface area contributed by atoms with Gasteiger partial charge in [-0.05, 0) is 51.3 Å². The van der Waals surface area contributed by atoms with E-state index in [4.69, 9.17) is 5.73 Å². The van der Waals surface area contributed by atoms with Crippen molar-refractivity contribution in [1.29, 1.82) is 0 Å². The van der Waals surface area contributed by atoms with E-state index in [-0.39, 0.29) is 24.7 Å². The summed E-state index contributed by atoms with van der Waals surface area (Å²) in [4.78, 5) is 80.5. The highest BCUT2D eigenvalue weighted by molar-refractivity contribution is 7.15. The first-order valence-electron chi connectivity index (χ1n) is 14.9. The lowest BCUT2D eigenvalue weighted by molar-refractivity contribution is -0.134. The number of aliphatic hydroxyl groups excluding tert-OH is 1. The van der Waals surface area contributed by atoms with E-state index < -0.39 is 71.7 Å². The Labute approximate surface area is 276 Å². The molecule has 0 aliphatic heterocycles. The van der Waals surface area contributed by atoms with Crippen LogP contribution < -0.4 is 37.6 Å². The Morgan fingerprint density at radius 1 is 0.745 bits per heavy atom. The standard InChI is InChI=1S/C30H44N8O8S/c1-14(2)23(38-30-32-12-21(13-39)47-30)29(46)36-17(5)27(44)34-15(3)25(42)33-16(4)26(43)35-18(6)28(45)37-22(24(31)41)11-19-7-9-20(40)10-8-19/h7-10,12,14-18,22-23,39-40H,11,13H2,1-6H3,(H2,31,41)(H,32,38)(H,33,42)(H,34,44)(H,35,43)(H,36,46)(H,37,45)/t15-,16-,17-,18-,22-,23?/m0/s1. The highest BCUT2D eigenvalue weighted by atomic mass is 32.1. The van der Waals surface area contributed by atoms with Crippen LogP contribution in [0, 0.1) is 5.92 Å². The number of aromatic nitrogens is 1. The van der Waals surface area contributed by atoms with Crippen LogP contribution in [0.5, 0.6) is 5.75 Å². The smallest absolute Gasteiger partial charge is 0.243 e. The molecule has 0 bridgehead atoms. The normalized spacial score (nSPS) is 14.8. The van der Waals surface area contributed by atoms with Crippen LogP contribution in [0.2, 0.25) is 0 Å². The highest BCUT2D eigenvalue weighted by Gasteiger charge is 2.29. The zero-order valence-electron chi connectivity index (χ0n) is 27.1. The zero-order chi connectivity index (χ0) is 35.4. The lowest BCUT2D eigenvalue weighted by atomic mass is 10.0. The number of amides is 6. The summed E-state index contributed by atoms with van der Waals surface area (Å²) in [5, 5.41) is 34.6. The molecule has 6 atom stereocenters. The van der Waals surface area contributed by atoms with E-state index in [1.807, 2.05) is 13.8 Å². The molecular weight excluding hydrogens is 632 g/mol. The second kappa shape index (κ2) is 17.8. The predicted octanol–water partition coefficient (Wildman–Crippen LogP) is -0.991. The van der Waals surface area contributed by atoms with Gasteiger partial charge in [-0.15, -0.1) is 0 Å². The van der Waals surface area contributed by atoms with E-state index in [9.17, 15) is 39.0 Å². The zero-order valence-corrected chi connectivity index (χ0v) is 27.9. The number of carbonyl (C=O) groups is 6. The maximum atomic E-state index is 12.9. The van der Waals surface area contributed by atoms with Gasteiger partial charge in [0.1, 0.15) is 42.0 Å². The number of aliphatic hydroxyl groups is 1. The van der Waals surface area contributed by atoms with Crippen LogP contribution in [0.1, 0.15) is 52.0 Å². The molecule has 1 aromatic heterocycles. The molecule has 0 spiro atoms. The van der Waals surface area contributed by atoms with E-state index in [1.165, 1.54) is 57.4 Å². The van der Waals surface area contributed by atoms with E-state index in [0.29, 0.717) is 15.6 Å². The SMILES string of the molecule is CC(C)C(Nc1ncc(CO)s1)C(=O)N[C@@H](C)C(=O)N[C@@H](C)C(=O)N[C@@H](C)C(=O)N[C@@H](C)C(=O)N[C@@H](Cc1ccc(O)cc1)C(N)=O. The molecule has 0 radical (unpaired) electrons. The van der Waals surface area contributed by atoms with E-state index in [2.05, 4.69) is 36.9 Å². The quantitative estimate of drug-likeness (QED) is 0.0989. The Kier molecular flexibility index (Phi) is 14.5. The van der Waals surface area contributed by atoms with Gasteiger partial charge in [0.15, 0.2) is 5.13 Å². The maximum absolute atomic E-state index is 12.9. The number of primary amides is 1. The van der Waals surface area contributed by atoms with E-state index >= 15 is 0 Å². The van der Waals surface area contributed by atoms with Gasteiger partial charge < -0.3 is 47.8 Å². The number of rotatable bonds is 17. The summed E-state index contributed by atoms with van der Waals surface area (Å²) in [6, 6.07) is -0.0844. The third-order valence-corrected chi connectivity index (χ3v) is 7.90. The molecule has 1 unspecified atom stereocenters. The summed E-state index contributed by atoms with van der Waals surface area (Å²) in [6.45, 7) is 9.09. The Morgan fingerprint density at radius 2 is 1.19 bits per heavy atom. The molecule has 0 fully saturated rings. The number of nitrogens with two attached hydrogens (primary N) is 1. The van der Waals surface area contributed by atoms with Crippen LogP contribution in [0.15, 0.2) is 30.5 Å². The van der Waals surface area contributed by atoms with Gasteiger partial charge >= 0.3 is 0 Å². The summed E-state index contributed by atoms with van der Waals surface area (Å²) in [5.74, 6) is -4.11. The minimum Gasteiger partial charge on any atom is -0.508 e. The first kappa shape index (κ1) is 38.4. The van der Waals surface area contributed by atoms with Gasteiger partial charge in [-0.25, -0.2) is 4.98 Å². The van der Waals surface area contributed by atoms with Crippen molar-refractivity contribution in [1.82, 2.24) is 31.6 Å². The lowest BCUT2D eigenvalue weighted by Crippen LogP contribution is -2.57. The number of phenolic OH excluding ortho intramolecular Hbond substituents is 1. The van der Waals surface area contributed by atoms with E-state index in [1.54, 1.807) is 12.1 Å². The van der Waals surface area contributed by atoms with Crippen molar-refractivity contribution in [2.75, 3.05) is 5.32 Å². The van der Waals surface area contributed by atoms with Crippen molar-refractivity contribution < 1.29 is 39.0 Å². The Balaban J connectivity index is 1.85. The van der Waals surface area contributed by atoms with Gasteiger partial charge in [-0.3, -0.25) is 28.8 Å². The van der Waals surface area contributed by atoms with E-state index in [0.717, 1.165) is 0 Å². The number of anilines is 1. The van der Waals surface area contributed by atoms with Gasteiger partial charge in [0.2, 0.25) is 35.4 Å². The Hall–Kier alpha value is -4.77. The lowest BCUT2D eigenvalue weighted by Gasteiger charge is -2.24. The molecule has 1 heterocycles. The number of nitrogens with one attached hydrogen (secondary N) is 6. The van der Waals surface area contributed by atoms with Crippen LogP contribution in [0.25, 0.3) is 0 Å². The van der Waals surface area contributed by atoms with Crippen molar-refractivity contribution >= 4 is 51.9 Å². The largest absolute Gasteiger partial charge is 0.508 e. The minimum absolute atomic E-state index is 0.0388. The molecule has 17 heteroatoms. The van der Waals surface area contributed by atoms with Crippen molar-refractivity contribution in [3.63, 3.8) is 0 Å². The number of carbonyl (C=O) groups excluding carboxylic acids is 6. The van der Waals surface area contributed by atoms with Crippen molar-refractivity contribution in [2.24, 2.45) is 11.7 Å². The van der Waals surface area contributed by atoms with Crippen molar-refractivity contribution in [3.8, 4) is 5.75 Å². The monoisotopic (exact) mass is 676 g/mol. The summed E-state index contributed by atoms with van der Waals surface area (Å²) in [7, 11) is 0. The summed E-state index contributed by atoms with van der Waals surface area (Å²) in [5.41, 5.74) is 6.07. The molecule has 10 N–H and O–H groups in total. The number of aromatic hydroxyl groups is 1. The van der Waals surface area contributed by atoms with Crippen LogP contribution in [0.4, 0.5) is 5.13 Å². The maximum Gasteiger partial charge on any atom is 0.243 e. The number of hydrogen-bond acceptors (Lipinski definition) is 11. The molecule has 16 nitrogen and oxygen atoms in total. The van der Waals surface area contributed by atoms with Crippen LogP contribution in [-0.4, -0.2) is 86.9 Å². The number of hydrogen-bond donors (Lipinski definition) is 9. The van der Waals surface area contributed by atoms with Crippen LogP contribution in [0.3, 0.4) is 0 Å². The average Bonchev–Trinajstić information content (AvgIpc) is 3.47. The Morgan fingerprint density at radius 3 is 1.60 bits per heavy atom. The van der Waals surface area contributed by atoms with Crippen LogP contribution in [-0.2, 0) is 41.8 Å². The molecule has 0 aliphatic carbocycles. The van der Waals surface area contributed by atoms with Crippen molar-refractivity contribution in [3.05, 3.63) is 40.9 Å². The number of nitrogens with zero attached hydrogens (tertiary/aromatic N) is 1. The molecule has 0 saturated carbocycles. The van der Waals surface area contributed by atoms with Gasteiger partial charge in [0, 0.05) is 12.6 Å². The fourth-order valence-corrected chi connectivity index (χ4v) is 4.79. The summed E-state index contributed by atoms with van der Waals surface area (Å²) in [6.07, 6.45) is 1.56. The van der Waals surface area contributed by atoms with Gasteiger partial charge in [-0.1, -0.05) is 37.3 Å². The molecule has 1 aromatic carbocycles. The van der Waals surface area contributed by atoms with Gasteiger partial charge in [0.05, 0.1) is 11.5 Å². The summed E-state index contributed by atoms with van der Waals surface area (Å²) >= 11 is 1.20. The molecule has 0 aliphatic rings. The number of phenols is 1. The topological polar surface area (TPSA) is 254 Å². The Bertz CT molecular complexity index is 1420. The molecule has 258 valence electrons. The predicted molar refractivity (Wildman–Crippen MR) is 174 cm³/mol. The number of benzene rings is 1. The minimum atomic E-state index is -1.10. The highest BCUT2D eigenvalue weighted by Crippen LogP contribution is 2.20. The van der Waals surface area contributed by atoms with Crippen LogP contribution >= 0.6 is 11.3 Å². The number of thiazole rings is 1. The second-order valence-electron chi connectivity index (χ2n) is 11.4. The first-order valence-corrected chi connectivity index (χ1v) is 15.7. The molecule has 2 aromatic rings.